The predicted molar refractivity (Wildman–Crippen MR) is 76.6 cm³/mol. The Morgan fingerprint density at radius 2 is 1.90 bits per heavy atom. The smallest absolute Gasteiger partial charge is 0.321 e. The Labute approximate surface area is 123 Å². The van der Waals surface area contributed by atoms with Crippen molar-refractivity contribution in [3.8, 4) is 11.5 Å². The van der Waals surface area contributed by atoms with Crippen LogP contribution in [0.15, 0.2) is 18.2 Å². The number of amides is 2. The summed E-state index contributed by atoms with van der Waals surface area (Å²) in [7, 11) is 0. The molecular weight excluding hydrogens is 272 g/mol. The number of nitrogens with zero attached hydrogens (tertiary/aromatic N) is 1. The lowest BCUT2D eigenvalue weighted by Crippen LogP contribution is -2.42. The van der Waals surface area contributed by atoms with Crippen molar-refractivity contribution in [2.75, 3.05) is 25.2 Å². The molecule has 0 atom stereocenters. The minimum absolute atomic E-state index is 0.0968. The van der Waals surface area contributed by atoms with Crippen LogP contribution in [0.1, 0.15) is 19.8 Å². The SMILES string of the molecule is CC(=O)C1CCN(C(=O)Nc2ccc3c(c2)OCO3)CC1. The highest BCUT2D eigenvalue weighted by atomic mass is 16.7. The third-order valence-corrected chi connectivity index (χ3v) is 3.98. The van der Waals surface area contributed by atoms with Crippen LogP contribution in [-0.4, -0.2) is 36.6 Å². The summed E-state index contributed by atoms with van der Waals surface area (Å²) >= 11 is 0. The molecular formula is C15H18N2O4. The average Bonchev–Trinajstić information content (AvgIpc) is 2.95. The summed E-state index contributed by atoms with van der Waals surface area (Å²) in [5, 5.41) is 2.85. The molecule has 1 aromatic rings. The highest BCUT2D eigenvalue weighted by molar-refractivity contribution is 5.90. The first kappa shape index (κ1) is 13.7. The molecule has 0 bridgehead atoms. The number of hydrogen-bond donors (Lipinski definition) is 1. The molecule has 1 N–H and O–H groups in total. The Morgan fingerprint density at radius 1 is 1.19 bits per heavy atom. The van der Waals surface area contributed by atoms with Crippen LogP contribution in [0.25, 0.3) is 0 Å². The zero-order valence-corrected chi connectivity index (χ0v) is 11.9. The van der Waals surface area contributed by atoms with Crippen LogP contribution in [0.4, 0.5) is 10.5 Å². The molecule has 0 spiro atoms. The molecule has 2 aliphatic rings. The highest BCUT2D eigenvalue weighted by Gasteiger charge is 2.25. The summed E-state index contributed by atoms with van der Waals surface area (Å²) in [5.41, 5.74) is 0.679. The van der Waals surface area contributed by atoms with E-state index in [0.29, 0.717) is 30.3 Å². The van der Waals surface area contributed by atoms with E-state index in [1.807, 2.05) is 0 Å². The van der Waals surface area contributed by atoms with Crippen molar-refractivity contribution in [1.29, 1.82) is 0 Å². The second kappa shape index (κ2) is 5.63. The molecule has 1 saturated heterocycles. The topological polar surface area (TPSA) is 67.9 Å². The van der Waals surface area contributed by atoms with Crippen LogP contribution >= 0.6 is 0 Å². The third-order valence-electron chi connectivity index (χ3n) is 3.98. The number of urea groups is 1. The van der Waals surface area contributed by atoms with E-state index in [2.05, 4.69) is 5.32 Å². The fraction of sp³-hybridized carbons (Fsp3) is 0.467. The number of anilines is 1. The van der Waals surface area contributed by atoms with Crippen LogP contribution in [0.5, 0.6) is 11.5 Å². The molecule has 2 amide bonds. The van der Waals surface area contributed by atoms with Gasteiger partial charge >= 0.3 is 6.03 Å². The number of Topliss-reactive ketones (excluding diaryl/α,β-unsaturated/α-hetero) is 1. The number of carbonyl (C=O) groups excluding carboxylic acids is 2. The Kier molecular flexibility index (Phi) is 3.68. The Balaban J connectivity index is 1.58. The van der Waals surface area contributed by atoms with Gasteiger partial charge in [0.1, 0.15) is 5.78 Å². The highest BCUT2D eigenvalue weighted by Crippen LogP contribution is 2.34. The lowest BCUT2D eigenvalue weighted by atomic mass is 9.93. The first-order chi connectivity index (χ1) is 10.1. The summed E-state index contributed by atoms with van der Waals surface area (Å²) in [5.74, 6) is 1.64. The van der Waals surface area contributed by atoms with E-state index in [1.54, 1.807) is 30.0 Å². The van der Waals surface area contributed by atoms with Crippen molar-refractivity contribution >= 4 is 17.5 Å². The zero-order chi connectivity index (χ0) is 14.8. The quantitative estimate of drug-likeness (QED) is 0.907. The van der Waals surface area contributed by atoms with E-state index in [1.165, 1.54) is 0 Å². The number of carbonyl (C=O) groups is 2. The van der Waals surface area contributed by atoms with E-state index in [9.17, 15) is 9.59 Å². The lowest BCUT2D eigenvalue weighted by Gasteiger charge is -2.30. The van der Waals surface area contributed by atoms with E-state index >= 15 is 0 Å². The van der Waals surface area contributed by atoms with E-state index in [-0.39, 0.29) is 24.5 Å². The molecule has 0 saturated carbocycles. The fourth-order valence-electron chi connectivity index (χ4n) is 2.67. The molecule has 112 valence electrons. The second-order valence-electron chi connectivity index (χ2n) is 5.37. The van der Waals surface area contributed by atoms with Crippen molar-refractivity contribution in [2.45, 2.75) is 19.8 Å². The maximum absolute atomic E-state index is 12.2. The maximum Gasteiger partial charge on any atom is 0.321 e. The first-order valence-electron chi connectivity index (χ1n) is 7.09. The van der Waals surface area contributed by atoms with E-state index in [0.717, 1.165) is 12.8 Å². The second-order valence-corrected chi connectivity index (χ2v) is 5.37. The van der Waals surface area contributed by atoms with Crippen molar-refractivity contribution in [3.63, 3.8) is 0 Å². The standard InChI is InChI=1S/C15H18N2O4/c1-10(18)11-4-6-17(7-5-11)15(19)16-12-2-3-13-14(8-12)21-9-20-13/h2-3,8,11H,4-7,9H2,1H3,(H,16,19). The molecule has 21 heavy (non-hydrogen) atoms. The molecule has 2 aliphatic heterocycles. The van der Waals surface area contributed by atoms with Gasteiger partial charge in [-0.05, 0) is 31.9 Å². The lowest BCUT2D eigenvalue weighted by molar-refractivity contribution is -0.121. The van der Waals surface area contributed by atoms with Gasteiger partial charge in [-0.25, -0.2) is 4.79 Å². The molecule has 6 nitrogen and oxygen atoms in total. The van der Waals surface area contributed by atoms with Gasteiger partial charge in [0.25, 0.3) is 0 Å². The molecule has 6 heteroatoms. The molecule has 3 rings (SSSR count). The third kappa shape index (κ3) is 2.94. The Bertz CT molecular complexity index is 565. The summed E-state index contributed by atoms with van der Waals surface area (Å²) in [6.07, 6.45) is 1.48. The summed E-state index contributed by atoms with van der Waals surface area (Å²) in [4.78, 5) is 25.3. The van der Waals surface area contributed by atoms with Gasteiger partial charge in [0.2, 0.25) is 6.79 Å². The Morgan fingerprint density at radius 3 is 2.62 bits per heavy atom. The minimum Gasteiger partial charge on any atom is -0.454 e. The monoisotopic (exact) mass is 290 g/mol. The van der Waals surface area contributed by atoms with E-state index < -0.39 is 0 Å². The number of ether oxygens (including phenoxy) is 2. The summed E-state index contributed by atoms with van der Waals surface area (Å²) in [6.45, 7) is 3.06. The first-order valence-corrected chi connectivity index (χ1v) is 7.09. The molecule has 2 heterocycles. The fourth-order valence-corrected chi connectivity index (χ4v) is 2.67. The van der Waals surface area contributed by atoms with Crippen LogP contribution in [0.2, 0.25) is 0 Å². The van der Waals surface area contributed by atoms with Gasteiger partial charge in [-0.2, -0.15) is 0 Å². The van der Waals surface area contributed by atoms with Gasteiger partial charge in [-0.3, -0.25) is 4.79 Å². The molecule has 0 aliphatic carbocycles. The van der Waals surface area contributed by atoms with Gasteiger partial charge in [0.15, 0.2) is 11.5 Å². The number of fused-ring (bicyclic) bond motifs is 1. The van der Waals surface area contributed by atoms with E-state index in [4.69, 9.17) is 9.47 Å². The molecule has 1 aromatic carbocycles. The zero-order valence-electron chi connectivity index (χ0n) is 11.9. The number of piperidine rings is 1. The average molecular weight is 290 g/mol. The molecule has 1 fully saturated rings. The van der Waals surface area contributed by atoms with Gasteiger partial charge < -0.3 is 19.7 Å². The van der Waals surface area contributed by atoms with Crippen LogP contribution in [0.3, 0.4) is 0 Å². The number of nitrogens with one attached hydrogen (secondary N) is 1. The van der Waals surface area contributed by atoms with Crippen molar-refractivity contribution < 1.29 is 19.1 Å². The molecule has 0 aromatic heterocycles. The maximum atomic E-state index is 12.2. The number of benzene rings is 1. The predicted octanol–water partition coefficient (Wildman–Crippen LogP) is 2.25. The summed E-state index contributed by atoms with van der Waals surface area (Å²) < 4.78 is 10.5. The van der Waals surface area contributed by atoms with Crippen molar-refractivity contribution in [1.82, 2.24) is 4.90 Å². The van der Waals surface area contributed by atoms with Gasteiger partial charge in [-0.1, -0.05) is 0 Å². The number of hydrogen-bond acceptors (Lipinski definition) is 4. The van der Waals surface area contributed by atoms with Crippen LogP contribution in [-0.2, 0) is 4.79 Å². The number of likely N-dealkylation sites (tertiary alicyclic amines) is 1. The molecule has 0 unspecified atom stereocenters. The van der Waals surface area contributed by atoms with Gasteiger partial charge in [-0.15, -0.1) is 0 Å². The largest absolute Gasteiger partial charge is 0.454 e. The minimum atomic E-state index is -0.143. The van der Waals surface area contributed by atoms with Crippen LogP contribution in [0, 0.1) is 5.92 Å². The molecule has 0 radical (unpaired) electrons. The summed E-state index contributed by atoms with van der Waals surface area (Å²) in [6, 6.07) is 5.17. The van der Waals surface area contributed by atoms with Crippen LogP contribution < -0.4 is 14.8 Å². The van der Waals surface area contributed by atoms with Crippen molar-refractivity contribution in [2.24, 2.45) is 5.92 Å². The normalized spacial score (nSPS) is 17.7. The number of rotatable bonds is 2. The van der Waals surface area contributed by atoms with Crippen molar-refractivity contribution in [3.05, 3.63) is 18.2 Å². The Hall–Kier alpha value is -2.24. The van der Waals surface area contributed by atoms with Gasteiger partial charge in [0.05, 0.1) is 0 Å². The number of ketones is 1. The van der Waals surface area contributed by atoms with Gasteiger partial charge in [0, 0.05) is 30.8 Å².